The number of nitrogen functional groups attached to an aromatic ring is 1. The number of ether oxygens (including phenoxy) is 2. The Balaban J connectivity index is 1.14. The van der Waals surface area contributed by atoms with Crippen LogP contribution in [0.2, 0.25) is 0 Å². The van der Waals surface area contributed by atoms with E-state index in [1.54, 1.807) is 0 Å². The summed E-state index contributed by atoms with van der Waals surface area (Å²) >= 11 is 0. The van der Waals surface area contributed by atoms with Gasteiger partial charge in [0, 0.05) is 44.6 Å². The van der Waals surface area contributed by atoms with E-state index in [0.29, 0.717) is 63.1 Å². The number of fused-ring (bicyclic) bond motifs is 2. The van der Waals surface area contributed by atoms with Crippen LogP contribution in [-0.4, -0.2) is 24.9 Å². The monoisotopic (exact) mass is 812 g/mol. The van der Waals surface area contributed by atoms with Crippen LogP contribution in [0.1, 0.15) is 0 Å². The van der Waals surface area contributed by atoms with E-state index in [-0.39, 0.29) is 0 Å². The molecule has 0 bridgehead atoms. The molecule has 1 aliphatic rings. The van der Waals surface area contributed by atoms with Crippen molar-refractivity contribution >= 4 is 5.69 Å². The molecule has 0 fully saturated rings. The zero-order valence-corrected chi connectivity index (χ0v) is 33.8. The Morgan fingerprint density at radius 1 is 0.286 bits per heavy atom. The van der Waals surface area contributed by atoms with Gasteiger partial charge in [-0.3, -0.25) is 0 Å². The smallest absolute Gasteiger partial charge is 0.177 e. The lowest BCUT2D eigenvalue weighted by Crippen LogP contribution is -2.04. The number of para-hydroxylation sites is 4. The first-order chi connectivity index (χ1) is 31.1. The first-order valence-corrected chi connectivity index (χ1v) is 20.6. The Bertz CT molecular complexity index is 3310. The van der Waals surface area contributed by atoms with Crippen LogP contribution >= 0.6 is 0 Å². The zero-order chi connectivity index (χ0) is 42.1. The average Bonchev–Trinajstić information content (AvgIpc) is 3.36. The van der Waals surface area contributed by atoms with E-state index < -0.39 is 0 Å². The van der Waals surface area contributed by atoms with E-state index in [0.717, 1.165) is 55.9 Å². The number of rotatable bonds is 8. The summed E-state index contributed by atoms with van der Waals surface area (Å²) in [5.41, 5.74) is 17.5. The highest BCUT2D eigenvalue weighted by atomic mass is 16.6. The van der Waals surface area contributed by atoms with Crippen LogP contribution in [0.25, 0.3) is 90.3 Å². The molecule has 0 unspecified atom stereocenters. The minimum absolute atomic E-state index is 0.434. The Kier molecular flexibility index (Phi) is 9.48. The first-order valence-electron chi connectivity index (χ1n) is 20.6. The van der Waals surface area contributed by atoms with Crippen molar-refractivity contribution < 1.29 is 9.47 Å². The largest absolute Gasteiger partial charge is 0.449 e. The molecule has 10 aromatic rings. The van der Waals surface area contributed by atoms with Gasteiger partial charge in [0.05, 0.1) is 11.4 Å². The van der Waals surface area contributed by atoms with Crippen LogP contribution in [0.3, 0.4) is 0 Å². The zero-order valence-electron chi connectivity index (χ0n) is 33.8. The average molecular weight is 813 g/mol. The molecule has 298 valence electrons. The molecule has 0 aliphatic carbocycles. The Hall–Kier alpha value is -8.75. The van der Waals surface area contributed by atoms with Crippen molar-refractivity contribution in [3.63, 3.8) is 0 Å². The molecule has 0 amide bonds. The second kappa shape index (κ2) is 16.0. The number of benzene rings is 8. The predicted octanol–water partition coefficient (Wildman–Crippen LogP) is 13.5. The fourth-order valence-electron chi connectivity index (χ4n) is 7.87. The van der Waals surface area contributed by atoms with E-state index in [9.17, 15) is 0 Å². The van der Waals surface area contributed by atoms with Crippen LogP contribution in [-0.2, 0) is 0 Å². The fourth-order valence-corrected chi connectivity index (χ4v) is 7.87. The molecular formula is C55H36N6O2. The number of hydrogen-bond donors (Lipinski definition) is 1. The Labute approximate surface area is 364 Å². The predicted molar refractivity (Wildman–Crippen MR) is 250 cm³/mol. The van der Waals surface area contributed by atoms with Crippen molar-refractivity contribution in [2.45, 2.75) is 0 Å². The van der Waals surface area contributed by atoms with Crippen LogP contribution < -0.4 is 15.2 Å². The van der Waals surface area contributed by atoms with Crippen molar-refractivity contribution in [1.82, 2.24) is 24.9 Å². The van der Waals surface area contributed by atoms with Gasteiger partial charge in [-0.2, -0.15) is 0 Å². The minimum Gasteiger partial charge on any atom is -0.449 e. The fraction of sp³-hybridized carbons (Fsp3) is 0. The molecule has 0 radical (unpaired) electrons. The van der Waals surface area contributed by atoms with E-state index in [2.05, 4.69) is 78.9 Å². The highest BCUT2D eigenvalue weighted by Crippen LogP contribution is 2.51. The van der Waals surface area contributed by atoms with Crippen molar-refractivity contribution in [3.8, 4) is 113 Å². The molecule has 1 aliphatic heterocycles. The van der Waals surface area contributed by atoms with E-state index in [4.69, 9.17) is 40.1 Å². The SMILES string of the molecule is Nc1ccccc1-c1nc(-c2ccccc2)nc(-c2cc(-c3nc(-c4ccccc4)cc(-c4cccc(-c5ccccc5)c4)n3)ccc2-c2cccc3c2Oc2ccccc2O3)n1. The molecule has 63 heavy (non-hydrogen) atoms. The van der Waals surface area contributed by atoms with Gasteiger partial charge in [0.25, 0.3) is 0 Å². The second-order valence-electron chi connectivity index (χ2n) is 15.1. The third kappa shape index (κ3) is 7.32. The molecule has 0 saturated heterocycles. The topological polar surface area (TPSA) is 109 Å². The molecule has 2 aromatic heterocycles. The van der Waals surface area contributed by atoms with Gasteiger partial charge in [0.1, 0.15) is 0 Å². The molecule has 8 aromatic carbocycles. The number of nitrogens with two attached hydrogens (primary N) is 1. The van der Waals surface area contributed by atoms with Gasteiger partial charge in [-0.15, -0.1) is 0 Å². The van der Waals surface area contributed by atoms with Gasteiger partial charge >= 0.3 is 0 Å². The lowest BCUT2D eigenvalue weighted by molar-refractivity contribution is 0.361. The lowest BCUT2D eigenvalue weighted by atomic mass is 9.95. The minimum atomic E-state index is 0.434. The van der Waals surface area contributed by atoms with E-state index >= 15 is 0 Å². The number of nitrogens with zero attached hydrogens (tertiary/aromatic N) is 5. The second-order valence-corrected chi connectivity index (χ2v) is 15.1. The maximum atomic E-state index is 6.62. The van der Waals surface area contributed by atoms with Crippen molar-refractivity contribution in [2.24, 2.45) is 0 Å². The summed E-state index contributed by atoms with van der Waals surface area (Å²) in [4.78, 5) is 25.9. The van der Waals surface area contributed by atoms with E-state index in [1.807, 2.05) is 127 Å². The maximum Gasteiger partial charge on any atom is 0.177 e. The lowest BCUT2D eigenvalue weighted by Gasteiger charge is -2.23. The molecule has 11 rings (SSSR count). The van der Waals surface area contributed by atoms with Crippen LogP contribution in [0, 0.1) is 0 Å². The summed E-state index contributed by atoms with van der Waals surface area (Å²) in [6.45, 7) is 0. The van der Waals surface area contributed by atoms with E-state index in [1.165, 1.54) is 0 Å². The number of hydrogen-bond acceptors (Lipinski definition) is 8. The van der Waals surface area contributed by atoms with Gasteiger partial charge in [0.2, 0.25) is 0 Å². The molecule has 8 nitrogen and oxygen atoms in total. The van der Waals surface area contributed by atoms with Crippen LogP contribution in [0.4, 0.5) is 5.69 Å². The Morgan fingerprint density at radius 3 is 1.56 bits per heavy atom. The van der Waals surface area contributed by atoms with Crippen molar-refractivity contribution in [3.05, 3.63) is 206 Å². The Morgan fingerprint density at radius 2 is 0.810 bits per heavy atom. The molecule has 3 heterocycles. The summed E-state index contributed by atoms with van der Waals surface area (Å²) < 4.78 is 13.0. The normalized spacial score (nSPS) is 11.5. The highest BCUT2D eigenvalue weighted by Gasteiger charge is 2.26. The molecular weight excluding hydrogens is 777 g/mol. The van der Waals surface area contributed by atoms with Crippen LogP contribution in [0.15, 0.2) is 206 Å². The third-order valence-electron chi connectivity index (χ3n) is 11.0. The van der Waals surface area contributed by atoms with Gasteiger partial charge in [0.15, 0.2) is 46.3 Å². The third-order valence-corrected chi connectivity index (χ3v) is 11.0. The van der Waals surface area contributed by atoms with Crippen LogP contribution in [0.5, 0.6) is 23.0 Å². The molecule has 2 N–H and O–H groups in total. The summed E-state index contributed by atoms with van der Waals surface area (Å²) in [5, 5.41) is 0. The van der Waals surface area contributed by atoms with Gasteiger partial charge < -0.3 is 15.2 Å². The maximum absolute atomic E-state index is 6.62. The van der Waals surface area contributed by atoms with Crippen molar-refractivity contribution in [1.29, 1.82) is 0 Å². The summed E-state index contributed by atoms with van der Waals surface area (Å²) in [6, 6.07) is 68.2. The highest BCUT2D eigenvalue weighted by molar-refractivity contribution is 5.89. The van der Waals surface area contributed by atoms with Gasteiger partial charge in [-0.05, 0) is 65.2 Å². The molecule has 0 atom stereocenters. The molecule has 0 saturated carbocycles. The quantitative estimate of drug-likeness (QED) is 0.151. The van der Waals surface area contributed by atoms with Crippen molar-refractivity contribution in [2.75, 3.05) is 5.73 Å². The standard InChI is InChI=1S/C55H36N6O2/c56-45-26-11-10-24-43(45)54-59-52(37-20-8-3-9-21-37)60-55(61-54)44-33-40(30-31-41(44)42-25-15-29-50-51(42)63-49-28-13-12-27-48(49)62-50)53-57-46(36-18-6-2-7-19-36)34-47(58-53)39-23-14-22-38(32-39)35-16-4-1-5-17-35/h1-34H,56H2. The summed E-state index contributed by atoms with van der Waals surface area (Å²) in [7, 11) is 0. The first kappa shape index (κ1) is 37.3. The van der Waals surface area contributed by atoms with Gasteiger partial charge in [-0.25, -0.2) is 24.9 Å². The summed E-state index contributed by atoms with van der Waals surface area (Å²) in [5.74, 6) is 4.37. The summed E-state index contributed by atoms with van der Waals surface area (Å²) in [6.07, 6.45) is 0. The molecule has 8 heteroatoms. The number of anilines is 1. The number of aromatic nitrogens is 5. The molecule has 0 spiro atoms. The van der Waals surface area contributed by atoms with Gasteiger partial charge in [-0.1, -0.05) is 158 Å².